The predicted octanol–water partition coefficient (Wildman–Crippen LogP) is 1.50. The van der Waals surface area contributed by atoms with Crippen molar-refractivity contribution in [2.45, 2.75) is 18.9 Å². The number of aromatic nitrogens is 4. The Bertz CT molecular complexity index is 643. The fraction of sp³-hybridized carbons (Fsp3) is 0.533. The largest absolute Gasteiger partial charge is 0.493 e. The maximum Gasteiger partial charge on any atom is 0.226 e. The van der Waals surface area contributed by atoms with E-state index in [1.165, 1.54) is 0 Å². The number of methoxy groups -OCH3 is 2. The van der Waals surface area contributed by atoms with Gasteiger partial charge in [0.15, 0.2) is 5.75 Å². The van der Waals surface area contributed by atoms with E-state index >= 15 is 0 Å². The summed E-state index contributed by atoms with van der Waals surface area (Å²) in [6.07, 6.45) is 5.87. The van der Waals surface area contributed by atoms with Gasteiger partial charge in [-0.15, -0.1) is 0 Å². The highest BCUT2D eigenvalue weighted by Gasteiger charge is 2.23. The van der Waals surface area contributed by atoms with Crippen molar-refractivity contribution in [3.63, 3.8) is 0 Å². The highest BCUT2D eigenvalue weighted by molar-refractivity contribution is 5.63. The van der Waals surface area contributed by atoms with E-state index in [4.69, 9.17) is 14.5 Å². The van der Waals surface area contributed by atoms with Crippen LogP contribution in [0.4, 0.5) is 5.95 Å². The Morgan fingerprint density at radius 3 is 2.86 bits per heavy atom. The molecule has 1 aliphatic heterocycles. The molecular weight excluding hydrogens is 282 g/mol. The van der Waals surface area contributed by atoms with E-state index in [2.05, 4.69) is 15.0 Å². The first-order valence-corrected chi connectivity index (χ1v) is 7.40. The second kappa shape index (κ2) is 6.31. The van der Waals surface area contributed by atoms with Crippen molar-refractivity contribution in [2.24, 2.45) is 7.05 Å². The van der Waals surface area contributed by atoms with Crippen molar-refractivity contribution >= 4 is 5.95 Å². The van der Waals surface area contributed by atoms with Gasteiger partial charge < -0.3 is 14.4 Å². The molecule has 0 saturated carbocycles. The molecule has 0 amide bonds. The van der Waals surface area contributed by atoms with Gasteiger partial charge in [-0.05, 0) is 18.9 Å². The van der Waals surface area contributed by atoms with Crippen LogP contribution in [0.2, 0.25) is 0 Å². The lowest BCUT2D eigenvalue weighted by molar-refractivity contribution is 0.0889. The minimum Gasteiger partial charge on any atom is -0.493 e. The SMILES string of the molecule is COc1cnc(N2CCCC(OC)C2)nc1-c1ccnn1C. The molecule has 3 rings (SSSR count). The molecular formula is C15H21N5O2. The molecule has 0 bridgehead atoms. The van der Waals surface area contributed by atoms with Crippen LogP contribution in [-0.4, -0.2) is 53.2 Å². The number of rotatable bonds is 4. The van der Waals surface area contributed by atoms with Crippen LogP contribution >= 0.6 is 0 Å². The van der Waals surface area contributed by atoms with Crippen LogP contribution in [0.1, 0.15) is 12.8 Å². The van der Waals surface area contributed by atoms with E-state index in [1.54, 1.807) is 31.3 Å². The van der Waals surface area contributed by atoms with Crippen molar-refractivity contribution < 1.29 is 9.47 Å². The average molecular weight is 303 g/mol. The third-order valence-corrected chi connectivity index (χ3v) is 4.02. The second-order valence-electron chi connectivity index (χ2n) is 5.37. The minimum atomic E-state index is 0.236. The van der Waals surface area contributed by atoms with Gasteiger partial charge >= 0.3 is 0 Å². The Morgan fingerprint density at radius 2 is 2.18 bits per heavy atom. The van der Waals surface area contributed by atoms with Crippen molar-refractivity contribution in [3.05, 3.63) is 18.5 Å². The van der Waals surface area contributed by atoms with Crippen LogP contribution in [0.5, 0.6) is 5.75 Å². The van der Waals surface area contributed by atoms with Gasteiger partial charge in [0, 0.05) is 33.4 Å². The van der Waals surface area contributed by atoms with Gasteiger partial charge in [0.05, 0.1) is 25.1 Å². The quantitative estimate of drug-likeness (QED) is 0.853. The Labute approximate surface area is 129 Å². The Kier molecular flexibility index (Phi) is 4.24. The summed E-state index contributed by atoms with van der Waals surface area (Å²) in [5.74, 6) is 1.35. The molecule has 1 saturated heterocycles. The lowest BCUT2D eigenvalue weighted by Gasteiger charge is -2.32. The summed E-state index contributed by atoms with van der Waals surface area (Å²) >= 11 is 0. The normalized spacial score (nSPS) is 18.5. The molecule has 3 heterocycles. The van der Waals surface area contributed by atoms with Crippen LogP contribution in [0.25, 0.3) is 11.4 Å². The van der Waals surface area contributed by atoms with E-state index in [9.17, 15) is 0 Å². The lowest BCUT2D eigenvalue weighted by Crippen LogP contribution is -2.40. The zero-order valence-corrected chi connectivity index (χ0v) is 13.2. The molecule has 118 valence electrons. The molecule has 22 heavy (non-hydrogen) atoms. The first kappa shape index (κ1) is 14.8. The number of hydrogen-bond acceptors (Lipinski definition) is 6. The van der Waals surface area contributed by atoms with Crippen LogP contribution < -0.4 is 9.64 Å². The maximum atomic E-state index is 5.47. The van der Waals surface area contributed by atoms with Gasteiger partial charge in [-0.25, -0.2) is 9.97 Å². The van der Waals surface area contributed by atoms with Gasteiger partial charge in [-0.1, -0.05) is 0 Å². The number of piperidine rings is 1. The monoisotopic (exact) mass is 303 g/mol. The van der Waals surface area contributed by atoms with Crippen molar-refractivity contribution in [1.82, 2.24) is 19.7 Å². The summed E-state index contributed by atoms with van der Waals surface area (Å²) in [6, 6.07) is 1.92. The molecule has 1 unspecified atom stereocenters. The number of anilines is 1. The number of hydrogen-bond donors (Lipinski definition) is 0. The van der Waals surface area contributed by atoms with Gasteiger partial charge in [-0.2, -0.15) is 5.10 Å². The molecule has 1 fully saturated rings. The Hall–Kier alpha value is -2.15. The Balaban J connectivity index is 1.95. The smallest absolute Gasteiger partial charge is 0.226 e. The van der Waals surface area contributed by atoms with E-state index in [0.29, 0.717) is 11.7 Å². The zero-order chi connectivity index (χ0) is 15.5. The average Bonchev–Trinajstić information content (AvgIpc) is 3.00. The third kappa shape index (κ3) is 2.76. The van der Waals surface area contributed by atoms with Gasteiger partial charge in [0.25, 0.3) is 0 Å². The highest BCUT2D eigenvalue weighted by atomic mass is 16.5. The van der Waals surface area contributed by atoms with Crippen molar-refractivity contribution in [2.75, 3.05) is 32.2 Å². The number of aryl methyl sites for hydroxylation is 1. The lowest BCUT2D eigenvalue weighted by atomic mass is 10.1. The Morgan fingerprint density at radius 1 is 1.32 bits per heavy atom. The standard InChI is InChI=1S/C15H21N5O2/c1-19-12(6-7-17-19)14-13(22-3)9-16-15(18-14)20-8-4-5-11(10-20)21-2/h6-7,9,11H,4-5,8,10H2,1-3H3. The maximum absolute atomic E-state index is 5.47. The first-order valence-electron chi connectivity index (χ1n) is 7.40. The van der Waals surface area contributed by atoms with Gasteiger partial charge in [0.1, 0.15) is 5.69 Å². The molecule has 1 aliphatic rings. The summed E-state index contributed by atoms with van der Waals surface area (Å²) in [4.78, 5) is 11.3. The van der Waals surface area contributed by atoms with Crippen molar-refractivity contribution in [3.8, 4) is 17.1 Å². The molecule has 0 aromatic carbocycles. The molecule has 2 aromatic rings. The number of nitrogens with zero attached hydrogens (tertiary/aromatic N) is 5. The topological polar surface area (TPSA) is 65.3 Å². The van der Waals surface area contributed by atoms with Gasteiger partial charge in [-0.3, -0.25) is 4.68 Å². The fourth-order valence-electron chi connectivity index (χ4n) is 2.77. The molecule has 0 spiro atoms. The van der Waals surface area contributed by atoms with E-state index in [1.807, 2.05) is 13.1 Å². The van der Waals surface area contributed by atoms with Crippen LogP contribution in [0.3, 0.4) is 0 Å². The van der Waals surface area contributed by atoms with E-state index in [0.717, 1.165) is 37.3 Å². The third-order valence-electron chi connectivity index (χ3n) is 4.02. The summed E-state index contributed by atoms with van der Waals surface area (Å²) < 4.78 is 12.7. The fourth-order valence-corrected chi connectivity index (χ4v) is 2.77. The van der Waals surface area contributed by atoms with Crippen LogP contribution in [-0.2, 0) is 11.8 Å². The first-order chi connectivity index (χ1) is 10.7. The number of ether oxygens (including phenoxy) is 2. The summed E-state index contributed by atoms with van der Waals surface area (Å²) in [5.41, 5.74) is 1.66. The second-order valence-corrected chi connectivity index (χ2v) is 5.37. The minimum absolute atomic E-state index is 0.236. The molecule has 7 heteroatoms. The van der Waals surface area contributed by atoms with E-state index in [-0.39, 0.29) is 6.10 Å². The van der Waals surface area contributed by atoms with Crippen LogP contribution in [0.15, 0.2) is 18.5 Å². The van der Waals surface area contributed by atoms with Crippen molar-refractivity contribution in [1.29, 1.82) is 0 Å². The molecule has 2 aromatic heterocycles. The molecule has 0 aliphatic carbocycles. The van der Waals surface area contributed by atoms with Gasteiger partial charge in [0.2, 0.25) is 5.95 Å². The summed E-state index contributed by atoms with van der Waals surface area (Å²) in [5, 5.41) is 4.20. The summed E-state index contributed by atoms with van der Waals surface area (Å²) in [7, 11) is 5.27. The molecule has 0 N–H and O–H groups in total. The molecule has 7 nitrogen and oxygen atoms in total. The van der Waals surface area contributed by atoms with E-state index < -0.39 is 0 Å². The van der Waals surface area contributed by atoms with Crippen LogP contribution in [0, 0.1) is 0 Å². The molecule has 0 radical (unpaired) electrons. The predicted molar refractivity (Wildman–Crippen MR) is 83.0 cm³/mol. The zero-order valence-electron chi connectivity index (χ0n) is 13.2. The molecule has 1 atom stereocenters. The highest BCUT2D eigenvalue weighted by Crippen LogP contribution is 2.29. The summed E-state index contributed by atoms with van der Waals surface area (Å²) in [6.45, 7) is 1.75.